The number of allylic oxidation sites excluding steroid dienone is 6. The third-order valence-electron chi connectivity index (χ3n) is 4.82. The zero-order chi connectivity index (χ0) is 20.5. The largest absolute Gasteiger partial charge is 0.453 e. The molecule has 0 saturated carbocycles. The molecule has 0 spiro atoms. The van der Waals surface area contributed by atoms with Crippen LogP contribution < -0.4 is 5.32 Å². The monoisotopic (exact) mass is 386 g/mol. The number of aromatic amines is 1. The van der Waals surface area contributed by atoms with Crippen LogP contribution in [0.25, 0.3) is 5.57 Å². The molecule has 2 amide bonds. The number of imidazole rings is 1. The first-order chi connectivity index (χ1) is 13.5. The van der Waals surface area contributed by atoms with Gasteiger partial charge in [0.15, 0.2) is 0 Å². The smallest absolute Gasteiger partial charge is 0.407 e. The quantitative estimate of drug-likeness (QED) is 0.715. The van der Waals surface area contributed by atoms with E-state index < -0.39 is 6.09 Å². The molecule has 1 aromatic heterocycles. The Morgan fingerprint density at radius 2 is 2.14 bits per heavy atom. The first-order valence-corrected chi connectivity index (χ1v) is 9.65. The van der Waals surface area contributed by atoms with E-state index in [0.717, 1.165) is 30.8 Å². The first kappa shape index (κ1) is 21.5. The molecule has 0 aromatic carbocycles. The highest BCUT2D eigenvalue weighted by atomic mass is 16.5. The number of H-pyrrole nitrogens is 1. The van der Waals surface area contributed by atoms with Gasteiger partial charge in [-0.3, -0.25) is 4.79 Å². The van der Waals surface area contributed by atoms with Gasteiger partial charge in [-0.1, -0.05) is 30.7 Å². The van der Waals surface area contributed by atoms with E-state index in [9.17, 15) is 9.59 Å². The van der Waals surface area contributed by atoms with E-state index in [-0.39, 0.29) is 12.5 Å². The number of nitrogens with zero attached hydrogens (tertiary/aromatic N) is 2. The van der Waals surface area contributed by atoms with Crippen molar-refractivity contribution >= 4 is 17.6 Å². The van der Waals surface area contributed by atoms with E-state index in [0.29, 0.717) is 13.1 Å². The Morgan fingerprint density at radius 3 is 2.75 bits per heavy atom. The minimum atomic E-state index is -0.616. The van der Waals surface area contributed by atoms with Crippen molar-refractivity contribution in [1.82, 2.24) is 20.2 Å². The van der Waals surface area contributed by atoms with Gasteiger partial charge < -0.3 is 19.9 Å². The Bertz CT molecular complexity index is 789. The Hall–Kier alpha value is -2.83. The summed E-state index contributed by atoms with van der Waals surface area (Å²) in [5, 5.41) is 2.43. The molecule has 2 N–H and O–H groups in total. The zero-order valence-electron chi connectivity index (χ0n) is 17.2. The SMILES string of the molecule is C/C=C(/C)C1=CC=C(c2cnc(CN(CCC)C(=O)CNC(=O)OC)[nH]2)CC1. The van der Waals surface area contributed by atoms with Crippen LogP contribution >= 0.6 is 0 Å². The lowest BCUT2D eigenvalue weighted by Gasteiger charge is -2.21. The number of aromatic nitrogens is 2. The third-order valence-corrected chi connectivity index (χ3v) is 4.82. The predicted molar refractivity (Wildman–Crippen MR) is 109 cm³/mol. The van der Waals surface area contributed by atoms with Gasteiger partial charge >= 0.3 is 6.09 Å². The summed E-state index contributed by atoms with van der Waals surface area (Å²) in [5.74, 6) is 0.562. The molecule has 152 valence electrons. The summed E-state index contributed by atoms with van der Waals surface area (Å²) in [4.78, 5) is 33.0. The summed E-state index contributed by atoms with van der Waals surface area (Å²) in [6, 6.07) is 0. The lowest BCUT2D eigenvalue weighted by Crippen LogP contribution is -2.40. The van der Waals surface area contributed by atoms with Crippen molar-refractivity contribution in [1.29, 1.82) is 0 Å². The molecule has 1 aromatic rings. The molecule has 7 heteroatoms. The second kappa shape index (κ2) is 10.5. The van der Waals surface area contributed by atoms with Crippen LogP contribution in [-0.4, -0.2) is 47.1 Å². The van der Waals surface area contributed by atoms with Crippen molar-refractivity contribution in [2.45, 2.75) is 46.6 Å². The van der Waals surface area contributed by atoms with E-state index in [4.69, 9.17) is 0 Å². The van der Waals surface area contributed by atoms with Crippen LogP contribution in [0.15, 0.2) is 35.6 Å². The van der Waals surface area contributed by atoms with Gasteiger partial charge in [0.05, 0.1) is 25.5 Å². The average molecular weight is 386 g/mol. The number of carbonyl (C=O) groups is 2. The van der Waals surface area contributed by atoms with E-state index in [1.807, 2.05) is 13.1 Å². The minimum absolute atomic E-state index is 0.0940. The molecular formula is C21H30N4O3. The maximum Gasteiger partial charge on any atom is 0.407 e. The van der Waals surface area contributed by atoms with Gasteiger partial charge in [-0.2, -0.15) is 0 Å². The minimum Gasteiger partial charge on any atom is -0.453 e. The van der Waals surface area contributed by atoms with Crippen molar-refractivity contribution in [2.75, 3.05) is 20.2 Å². The number of alkyl carbamates (subject to hydrolysis) is 1. The lowest BCUT2D eigenvalue weighted by atomic mass is 9.92. The molecule has 0 saturated heterocycles. The number of amides is 2. The van der Waals surface area contributed by atoms with Crippen molar-refractivity contribution in [2.24, 2.45) is 0 Å². The number of carbonyl (C=O) groups excluding carboxylic acids is 2. The fourth-order valence-electron chi connectivity index (χ4n) is 3.06. The second-order valence-corrected chi connectivity index (χ2v) is 6.76. The normalized spacial score (nSPS) is 14.2. The number of hydrogen-bond donors (Lipinski definition) is 2. The fraction of sp³-hybridized carbons (Fsp3) is 0.476. The van der Waals surface area contributed by atoms with E-state index >= 15 is 0 Å². The van der Waals surface area contributed by atoms with Crippen LogP contribution in [0.1, 0.15) is 51.6 Å². The number of methoxy groups -OCH3 is 1. The van der Waals surface area contributed by atoms with Crippen LogP contribution in [0.4, 0.5) is 4.79 Å². The van der Waals surface area contributed by atoms with Gasteiger partial charge in [0.1, 0.15) is 12.4 Å². The molecule has 7 nitrogen and oxygen atoms in total. The van der Waals surface area contributed by atoms with Crippen molar-refractivity contribution < 1.29 is 14.3 Å². The lowest BCUT2D eigenvalue weighted by molar-refractivity contribution is -0.130. The highest BCUT2D eigenvalue weighted by molar-refractivity contribution is 5.82. The molecule has 0 fully saturated rings. The van der Waals surface area contributed by atoms with Crippen molar-refractivity contribution in [3.63, 3.8) is 0 Å². The van der Waals surface area contributed by atoms with Crippen LogP contribution in [-0.2, 0) is 16.1 Å². The van der Waals surface area contributed by atoms with Gasteiger partial charge in [-0.15, -0.1) is 0 Å². The third kappa shape index (κ3) is 5.84. The number of ether oxygens (including phenoxy) is 1. The standard InChI is InChI=1S/C21H30N4O3/c1-5-11-25(20(26)13-23-21(27)28-4)14-19-22-12-18(24-19)17-9-7-16(8-10-17)15(3)6-2/h6-7,9,12H,5,8,10-11,13-14H2,1-4H3,(H,22,24)(H,23,27)/b15-6-. The molecule has 1 aliphatic carbocycles. The molecule has 0 bridgehead atoms. The average Bonchev–Trinajstić information content (AvgIpc) is 3.19. The van der Waals surface area contributed by atoms with Crippen LogP contribution in [0, 0.1) is 0 Å². The van der Waals surface area contributed by atoms with Gasteiger partial charge in [0.2, 0.25) is 5.91 Å². The molecule has 0 aliphatic heterocycles. The molecule has 1 aliphatic rings. The Morgan fingerprint density at radius 1 is 1.36 bits per heavy atom. The van der Waals surface area contributed by atoms with Gasteiger partial charge in [0, 0.05) is 6.54 Å². The molecule has 28 heavy (non-hydrogen) atoms. The maximum absolute atomic E-state index is 12.4. The fourth-order valence-corrected chi connectivity index (χ4v) is 3.06. The molecule has 0 unspecified atom stereocenters. The van der Waals surface area contributed by atoms with Crippen molar-refractivity contribution in [3.8, 4) is 0 Å². The number of rotatable bonds is 8. The van der Waals surface area contributed by atoms with Crippen LogP contribution in [0.5, 0.6) is 0 Å². The van der Waals surface area contributed by atoms with Crippen LogP contribution in [0.3, 0.4) is 0 Å². The predicted octanol–water partition coefficient (Wildman–Crippen LogP) is 3.57. The van der Waals surface area contributed by atoms with E-state index in [1.54, 1.807) is 4.90 Å². The van der Waals surface area contributed by atoms with Gasteiger partial charge in [-0.25, -0.2) is 9.78 Å². The molecule has 2 rings (SSSR count). The summed E-state index contributed by atoms with van der Waals surface area (Å²) in [6.45, 7) is 7.07. The van der Waals surface area contributed by atoms with E-state index in [1.165, 1.54) is 23.8 Å². The molecule has 0 radical (unpaired) electrons. The highest BCUT2D eigenvalue weighted by Crippen LogP contribution is 2.29. The summed E-state index contributed by atoms with van der Waals surface area (Å²) >= 11 is 0. The van der Waals surface area contributed by atoms with E-state index in [2.05, 4.69) is 52.1 Å². The second-order valence-electron chi connectivity index (χ2n) is 6.76. The van der Waals surface area contributed by atoms with Gasteiger partial charge in [-0.05, 0) is 44.3 Å². The molecular weight excluding hydrogens is 356 g/mol. The maximum atomic E-state index is 12.4. The zero-order valence-corrected chi connectivity index (χ0v) is 17.2. The summed E-state index contributed by atoms with van der Waals surface area (Å²) in [6.07, 6.45) is 10.4. The first-order valence-electron chi connectivity index (χ1n) is 9.65. The summed E-state index contributed by atoms with van der Waals surface area (Å²) < 4.78 is 4.50. The highest BCUT2D eigenvalue weighted by Gasteiger charge is 2.17. The van der Waals surface area contributed by atoms with Crippen LogP contribution in [0.2, 0.25) is 0 Å². The summed E-state index contributed by atoms with van der Waals surface area (Å²) in [5.41, 5.74) is 4.88. The number of hydrogen-bond acceptors (Lipinski definition) is 4. The molecule has 1 heterocycles. The Kier molecular flexibility index (Phi) is 8.04. The number of nitrogens with one attached hydrogen (secondary N) is 2. The molecule has 0 atom stereocenters. The van der Waals surface area contributed by atoms with Gasteiger partial charge in [0.25, 0.3) is 0 Å². The topological polar surface area (TPSA) is 87.3 Å². The Labute approximate surface area is 166 Å². The summed E-state index contributed by atoms with van der Waals surface area (Å²) in [7, 11) is 1.27. The Balaban J connectivity index is 2.03. The van der Waals surface area contributed by atoms with Crippen molar-refractivity contribution in [3.05, 3.63) is 47.1 Å².